The minimum Gasteiger partial charge on any atom is -0.355 e. The van der Waals surface area contributed by atoms with Gasteiger partial charge in [0.25, 0.3) is 5.91 Å². The van der Waals surface area contributed by atoms with Crippen molar-refractivity contribution < 1.29 is 4.79 Å². The van der Waals surface area contributed by atoms with Crippen molar-refractivity contribution in [3.8, 4) is 0 Å². The minimum absolute atomic E-state index is 0.288. The quantitative estimate of drug-likeness (QED) is 0.832. The summed E-state index contributed by atoms with van der Waals surface area (Å²) in [5.74, 6) is 0.514. The van der Waals surface area contributed by atoms with Crippen molar-refractivity contribution in [1.82, 2.24) is 9.97 Å². The Balaban J connectivity index is 2.05. The van der Waals surface area contributed by atoms with Crippen molar-refractivity contribution in [3.63, 3.8) is 0 Å². The lowest BCUT2D eigenvalue weighted by Gasteiger charge is -2.22. The van der Waals surface area contributed by atoms with E-state index in [9.17, 15) is 4.79 Å². The van der Waals surface area contributed by atoms with Crippen molar-refractivity contribution in [2.45, 2.75) is 26.7 Å². The van der Waals surface area contributed by atoms with Crippen LogP contribution in [0.1, 0.15) is 37.2 Å². The Morgan fingerprint density at radius 3 is 2.26 bits per heavy atom. The van der Waals surface area contributed by atoms with Crippen molar-refractivity contribution in [2.75, 3.05) is 23.3 Å². The van der Waals surface area contributed by atoms with Gasteiger partial charge in [0.2, 0.25) is 0 Å². The summed E-state index contributed by atoms with van der Waals surface area (Å²) in [5, 5.41) is 3.39. The fraction of sp³-hybridized carbons (Fsp3) is 0.353. The van der Waals surface area contributed by atoms with Crippen LogP contribution in [-0.4, -0.2) is 29.0 Å². The number of nitrogens with zero attached hydrogens (tertiary/aromatic N) is 3. The molecule has 5 nitrogen and oxygen atoms in total. The molecule has 0 spiro atoms. The first kappa shape index (κ1) is 17.2. The SMILES string of the molecule is CCCN(CCC)c1cnc(C(=O)Nc2ccc(Cl)cc2)cn1. The number of aromatic nitrogens is 2. The van der Waals surface area contributed by atoms with Crippen LogP contribution in [0.5, 0.6) is 0 Å². The molecular weight excluding hydrogens is 312 g/mol. The maximum absolute atomic E-state index is 12.2. The van der Waals surface area contributed by atoms with Gasteiger partial charge in [-0.15, -0.1) is 0 Å². The summed E-state index contributed by atoms with van der Waals surface area (Å²) >= 11 is 5.82. The largest absolute Gasteiger partial charge is 0.355 e. The molecule has 1 amide bonds. The number of carbonyl (C=O) groups excluding carboxylic acids is 1. The average Bonchev–Trinajstić information content (AvgIpc) is 2.57. The highest BCUT2D eigenvalue weighted by molar-refractivity contribution is 6.30. The molecule has 1 aromatic heterocycles. The van der Waals surface area contributed by atoms with Gasteiger partial charge in [0.1, 0.15) is 11.5 Å². The molecule has 0 aliphatic carbocycles. The first-order valence-electron chi connectivity index (χ1n) is 7.78. The fourth-order valence-corrected chi connectivity index (χ4v) is 2.34. The molecule has 0 atom stereocenters. The average molecular weight is 333 g/mol. The second-order valence-corrected chi connectivity index (χ2v) is 5.64. The molecule has 6 heteroatoms. The maximum Gasteiger partial charge on any atom is 0.275 e. The molecule has 23 heavy (non-hydrogen) atoms. The Kier molecular flexibility index (Phi) is 6.35. The molecule has 0 bridgehead atoms. The van der Waals surface area contributed by atoms with E-state index in [1.165, 1.54) is 6.20 Å². The molecule has 1 aromatic carbocycles. The van der Waals surface area contributed by atoms with Gasteiger partial charge in [0.15, 0.2) is 0 Å². The Morgan fingerprint density at radius 2 is 1.74 bits per heavy atom. The van der Waals surface area contributed by atoms with Crippen LogP contribution in [0.4, 0.5) is 11.5 Å². The van der Waals surface area contributed by atoms with E-state index in [0.29, 0.717) is 10.7 Å². The molecule has 2 aromatic rings. The van der Waals surface area contributed by atoms with Gasteiger partial charge in [0.05, 0.1) is 12.4 Å². The van der Waals surface area contributed by atoms with E-state index in [2.05, 4.69) is 34.0 Å². The Hall–Kier alpha value is -2.14. The zero-order valence-electron chi connectivity index (χ0n) is 13.4. The smallest absolute Gasteiger partial charge is 0.275 e. The molecule has 0 saturated carbocycles. The lowest BCUT2D eigenvalue weighted by molar-refractivity contribution is 0.102. The number of halogens is 1. The minimum atomic E-state index is -0.288. The van der Waals surface area contributed by atoms with Crippen LogP contribution in [0.15, 0.2) is 36.7 Å². The standard InChI is InChI=1S/C17H21ClN4O/c1-3-9-22(10-4-2)16-12-19-15(11-20-16)17(23)21-14-7-5-13(18)6-8-14/h5-8,11-12H,3-4,9-10H2,1-2H3,(H,21,23). The first-order valence-corrected chi connectivity index (χ1v) is 8.15. The van der Waals surface area contributed by atoms with Gasteiger partial charge in [-0.25, -0.2) is 9.97 Å². The lowest BCUT2D eigenvalue weighted by atomic mass is 10.3. The number of nitrogens with one attached hydrogen (secondary N) is 1. The highest BCUT2D eigenvalue weighted by Gasteiger charge is 2.11. The Morgan fingerprint density at radius 1 is 1.09 bits per heavy atom. The summed E-state index contributed by atoms with van der Waals surface area (Å²) in [6.07, 6.45) is 5.25. The van der Waals surface area contributed by atoms with Gasteiger partial charge >= 0.3 is 0 Å². The summed E-state index contributed by atoms with van der Waals surface area (Å²) in [6, 6.07) is 6.93. The number of benzene rings is 1. The monoisotopic (exact) mass is 332 g/mol. The van der Waals surface area contributed by atoms with Crippen LogP contribution >= 0.6 is 11.6 Å². The first-order chi connectivity index (χ1) is 11.1. The van der Waals surface area contributed by atoms with E-state index in [0.717, 1.165) is 31.7 Å². The summed E-state index contributed by atoms with van der Waals surface area (Å²) in [7, 11) is 0. The van der Waals surface area contributed by atoms with Crippen LogP contribution in [0, 0.1) is 0 Å². The zero-order valence-corrected chi connectivity index (χ0v) is 14.2. The summed E-state index contributed by atoms with van der Waals surface area (Å²) in [6.45, 7) is 6.12. The van der Waals surface area contributed by atoms with Gasteiger partial charge < -0.3 is 10.2 Å². The lowest BCUT2D eigenvalue weighted by Crippen LogP contribution is -2.26. The van der Waals surface area contributed by atoms with Crippen molar-refractivity contribution in [2.24, 2.45) is 0 Å². The molecule has 1 heterocycles. The summed E-state index contributed by atoms with van der Waals surface area (Å²) < 4.78 is 0. The third kappa shape index (κ3) is 4.93. The van der Waals surface area contributed by atoms with Crippen LogP contribution in [0.25, 0.3) is 0 Å². The topological polar surface area (TPSA) is 58.1 Å². The molecule has 1 N–H and O–H groups in total. The Bertz CT molecular complexity index is 622. The van der Waals surface area contributed by atoms with Crippen LogP contribution in [-0.2, 0) is 0 Å². The van der Waals surface area contributed by atoms with Crippen LogP contribution in [0.3, 0.4) is 0 Å². The summed E-state index contributed by atoms with van der Waals surface area (Å²) in [4.78, 5) is 23.0. The van der Waals surface area contributed by atoms with E-state index in [4.69, 9.17) is 11.6 Å². The van der Waals surface area contributed by atoms with E-state index >= 15 is 0 Å². The normalized spacial score (nSPS) is 10.4. The van der Waals surface area contributed by atoms with Crippen LogP contribution < -0.4 is 10.2 Å². The highest BCUT2D eigenvalue weighted by Crippen LogP contribution is 2.15. The van der Waals surface area contributed by atoms with Gasteiger partial charge in [-0.2, -0.15) is 0 Å². The maximum atomic E-state index is 12.2. The number of hydrogen-bond acceptors (Lipinski definition) is 4. The second-order valence-electron chi connectivity index (χ2n) is 5.21. The number of carbonyl (C=O) groups is 1. The molecule has 0 unspecified atom stereocenters. The molecule has 0 aliphatic heterocycles. The molecule has 0 radical (unpaired) electrons. The molecule has 2 rings (SSSR count). The van der Waals surface area contributed by atoms with Gasteiger partial charge in [-0.05, 0) is 37.1 Å². The summed E-state index contributed by atoms with van der Waals surface area (Å²) in [5.41, 5.74) is 0.959. The second kappa shape index (κ2) is 8.48. The number of rotatable bonds is 7. The Labute approximate surface area is 141 Å². The van der Waals surface area contributed by atoms with E-state index in [-0.39, 0.29) is 11.6 Å². The fourth-order valence-electron chi connectivity index (χ4n) is 2.21. The molecule has 0 saturated heterocycles. The van der Waals surface area contributed by atoms with Gasteiger partial charge in [0, 0.05) is 23.8 Å². The molecule has 0 aliphatic rings. The predicted molar refractivity (Wildman–Crippen MR) is 94.2 cm³/mol. The van der Waals surface area contributed by atoms with Crippen LogP contribution in [0.2, 0.25) is 5.02 Å². The predicted octanol–water partition coefficient (Wildman–Crippen LogP) is 4.01. The number of anilines is 2. The van der Waals surface area contributed by atoms with Gasteiger partial charge in [-0.3, -0.25) is 4.79 Å². The third-order valence-electron chi connectivity index (χ3n) is 3.28. The van der Waals surface area contributed by atoms with Crippen molar-refractivity contribution in [1.29, 1.82) is 0 Å². The molecule has 122 valence electrons. The van der Waals surface area contributed by atoms with E-state index in [1.807, 2.05) is 0 Å². The zero-order chi connectivity index (χ0) is 16.7. The molecule has 0 fully saturated rings. The number of amides is 1. The van der Waals surface area contributed by atoms with Crippen molar-refractivity contribution >= 4 is 29.0 Å². The third-order valence-corrected chi connectivity index (χ3v) is 3.54. The van der Waals surface area contributed by atoms with Gasteiger partial charge in [-0.1, -0.05) is 25.4 Å². The van der Waals surface area contributed by atoms with E-state index in [1.54, 1.807) is 30.5 Å². The molecular formula is C17H21ClN4O. The number of hydrogen-bond donors (Lipinski definition) is 1. The highest BCUT2D eigenvalue weighted by atomic mass is 35.5. The van der Waals surface area contributed by atoms with Crippen molar-refractivity contribution in [3.05, 3.63) is 47.4 Å². The van der Waals surface area contributed by atoms with E-state index < -0.39 is 0 Å².